The molecule has 8 atom stereocenters. The second-order valence-electron chi connectivity index (χ2n) is 15.6. The maximum atomic E-state index is 2.81. The van der Waals surface area contributed by atoms with Crippen molar-refractivity contribution < 1.29 is 0 Å². The lowest BCUT2D eigenvalue weighted by Crippen LogP contribution is -2.65. The zero-order valence-corrected chi connectivity index (χ0v) is 21.8. The third kappa shape index (κ3) is 2.70. The van der Waals surface area contributed by atoms with E-state index in [4.69, 9.17) is 0 Å². The van der Waals surface area contributed by atoms with Crippen LogP contribution in [0.15, 0.2) is 0 Å². The smallest absolute Gasteiger partial charge is 0.0235 e. The van der Waals surface area contributed by atoms with Gasteiger partial charge in [0.1, 0.15) is 0 Å². The lowest BCUT2D eigenvalue weighted by atomic mass is 9.31. The van der Waals surface area contributed by atoms with Crippen LogP contribution in [0.2, 0.25) is 0 Å². The molecule has 0 aromatic carbocycles. The van der Waals surface area contributed by atoms with E-state index in [1.165, 1.54) is 77.0 Å². The molecule has 0 heteroatoms. The lowest BCUT2D eigenvalue weighted by molar-refractivity contribution is -0.243. The van der Waals surface area contributed by atoms with Crippen LogP contribution < -0.4 is 0 Å². The van der Waals surface area contributed by atoms with Crippen molar-refractivity contribution in [3.05, 3.63) is 0 Å². The van der Waals surface area contributed by atoms with Crippen molar-refractivity contribution in [3.63, 3.8) is 0 Å². The highest BCUT2D eigenvalue weighted by Crippen LogP contribution is 2.76. The first-order valence-electron chi connectivity index (χ1n) is 13.8. The first-order valence-corrected chi connectivity index (χ1v) is 13.8. The fourth-order valence-corrected chi connectivity index (χ4v) is 11.4. The lowest BCUT2D eigenvalue weighted by Gasteiger charge is -2.73. The minimum Gasteiger partial charge on any atom is -0.0599 e. The van der Waals surface area contributed by atoms with Crippen molar-refractivity contribution in [2.75, 3.05) is 0 Å². The van der Waals surface area contributed by atoms with Crippen molar-refractivity contribution in [1.82, 2.24) is 0 Å². The zero-order chi connectivity index (χ0) is 21.8. The monoisotopic (exact) mass is 412 g/mol. The molecule has 0 spiro atoms. The minimum atomic E-state index is 0.560. The van der Waals surface area contributed by atoms with Gasteiger partial charge in [-0.1, -0.05) is 61.8 Å². The Balaban J connectivity index is 1.53. The molecule has 0 aliphatic heterocycles. The summed E-state index contributed by atoms with van der Waals surface area (Å²) in [6.45, 7) is 21.4. The van der Waals surface area contributed by atoms with Crippen LogP contribution in [-0.2, 0) is 0 Å². The summed E-state index contributed by atoms with van der Waals surface area (Å²) in [5.41, 5.74) is 3.49. The summed E-state index contributed by atoms with van der Waals surface area (Å²) in [4.78, 5) is 0. The van der Waals surface area contributed by atoms with Crippen LogP contribution in [0.25, 0.3) is 0 Å². The van der Waals surface area contributed by atoms with Crippen LogP contribution in [0.3, 0.4) is 0 Å². The van der Waals surface area contributed by atoms with E-state index in [1.807, 2.05) is 0 Å². The summed E-state index contributed by atoms with van der Waals surface area (Å²) < 4.78 is 0. The van der Waals surface area contributed by atoms with E-state index in [2.05, 4.69) is 55.4 Å². The maximum absolute atomic E-state index is 2.81. The van der Waals surface area contributed by atoms with Gasteiger partial charge in [0.15, 0.2) is 0 Å². The molecule has 0 unspecified atom stereocenters. The molecule has 0 amide bonds. The molecule has 30 heavy (non-hydrogen) atoms. The summed E-state index contributed by atoms with van der Waals surface area (Å²) in [6, 6.07) is 0. The van der Waals surface area contributed by atoms with Crippen molar-refractivity contribution in [2.45, 2.75) is 132 Å². The van der Waals surface area contributed by atoms with Crippen LogP contribution in [-0.4, -0.2) is 0 Å². The summed E-state index contributed by atoms with van der Waals surface area (Å²) in [7, 11) is 0. The quantitative estimate of drug-likeness (QED) is 0.372. The predicted molar refractivity (Wildman–Crippen MR) is 129 cm³/mol. The SMILES string of the molecule is CC1(C)CC[C@]2(C)CC[C@]3(C)[C@@H](CC[C@H]4[C@@]5(C)CCCC(C)(C)[C@H]5CC[C@]43C)[C@@H]2C1. The van der Waals surface area contributed by atoms with Gasteiger partial charge >= 0.3 is 0 Å². The minimum absolute atomic E-state index is 0.560. The first kappa shape index (κ1) is 21.8. The molecule has 5 rings (SSSR count). The number of rotatable bonds is 0. The third-order valence-electron chi connectivity index (χ3n) is 13.4. The highest BCUT2D eigenvalue weighted by atomic mass is 14.7. The van der Waals surface area contributed by atoms with E-state index in [9.17, 15) is 0 Å². The van der Waals surface area contributed by atoms with Gasteiger partial charge in [-0.25, -0.2) is 0 Å². The molecular weight excluding hydrogens is 360 g/mol. The van der Waals surface area contributed by atoms with Crippen LogP contribution in [0.5, 0.6) is 0 Å². The van der Waals surface area contributed by atoms with Gasteiger partial charge in [-0.05, 0) is 127 Å². The first-order chi connectivity index (χ1) is 13.8. The Morgan fingerprint density at radius 1 is 0.533 bits per heavy atom. The Kier molecular flexibility index (Phi) is 4.59. The average molecular weight is 413 g/mol. The van der Waals surface area contributed by atoms with Crippen molar-refractivity contribution in [2.24, 2.45) is 56.2 Å². The number of hydrogen-bond donors (Lipinski definition) is 0. The molecule has 0 heterocycles. The topological polar surface area (TPSA) is 0 Å². The van der Waals surface area contributed by atoms with Gasteiger partial charge in [0.05, 0.1) is 0 Å². The standard InChI is InChI=1S/C30H52/c1-25(2)16-17-27(5)18-19-29(7)21(22(27)20-25)10-11-24-28(6)14-9-13-26(3,4)23(28)12-15-30(24,29)8/h21-24H,9-20H2,1-8H3/t21-,22-,23+,24-,27+,28-,29+,30+/m0/s1. The zero-order valence-electron chi connectivity index (χ0n) is 21.8. The van der Waals surface area contributed by atoms with Crippen LogP contribution in [0, 0.1) is 56.2 Å². The van der Waals surface area contributed by atoms with Crippen molar-refractivity contribution >= 4 is 0 Å². The van der Waals surface area contributed by atoms with Crippen LogP contribution in [0.4, 0.5) is 0 Å². The molecule has 0 saturated heterocycles. The third-order valence-corrected chi connectivity index (χ3v) is 13.4. The molecule has 0 bridgehead atoms. The largest absolute Gasteiger partial charge is 0.0599 e. The summed E-state index contributed by atoms with van der Waals surface area (Å²) >= 11 is 0. The fraction of sp³-hybridized carbons (Fsp3) is 1.00. The van der Waals surface area contributed by atoms with E-state index < -0.39 is 0 Å². The molecule has 0 aromatic rings. The Bertz CT molecular complexity index is 701. The van der Waals surface area contributed by atoms with Crippen LogP contribution in [0.1, 0.15) is 132 Å². The average Bonchev–Trinajstić information content (AvgIpc) is 2.63. The summed E-state index contributed by atoms with van der Waals surface area (Å²) in [5.74, 6) is 3.88. The molecule has 5 aliphatic rings. The number of hydrogen-bond acceptors (Lipinski definition) is 0. The molecule has 5 aliphatic carbocycles. The van der Waals surface area contributed by atoms with E-state index in [-0.39, 0.29) is 0 Å². The molecule has 0 nitrogen and oxygen atoms in total. The van der Waals surface area contributed by atoms with Crippen LogP contribution >= 0.6 is 0 Å². The molecule has 172 valence electrons. The van der Waals surface area contributed by atoms with Gasteiger partial charge in [0.25, 0.3) is 0 Å². The van der Waals surface area contributed by atoms with Gasteiger partial charge < -0.3 is 0 Å². The van der Waals surface area contributed by atoms with E-state index in [0.717, 1.165) is 23.7 Å². The van der Waals surface area contributed by atoms with Gasteiger partial charge in [-0.2, -0.15) is 0 Å². The van der Waals surface area contributed by atoms with Crippen molar-refractivity contribution in [3.8, 4) is 0 Å². The van der Waals surface area contributed by atoms with Gasteiger partial charge in [0, 0.05) is 0 Å². The normalized spacial score (nSPS) is 56.8. The maximum Gasteiger partial charge on any atom is -0.0235 e. The molecule has 0 radical (unpaired) electrons. The highest BCUT2D eigenvalue weighted by Gasteiger charge is 2.68. The summed E-state index contributed by atoms with van der Waals surface area (Å²) in [5, 5.41) is 0. The van der Waals surface area contributed by atoms with Gasteiger partial charge in [0.2, 0.25) is 0 Å². The Morgan fingerprint density at radius 3 is 1.97 bits per heavy atom. The Labute approximate surface area is 188 Å². The fourth-order valence-electron chi connectivity index (χ4n) is 11.4. The van der Waals surface area contributed by atoms with Gasteiger partial charge in [-0.3, -0.25) is 0 Å². The molecular formula is C30H52. The van der Waals surface area contributed by atoms with E-state index in [1.54, 1.807) is 0 Å². The second kappa shape index (κ2) is 6.32. The predicted octanol–water partition coefficient (Wildman–Crippen LogP) is 9.28. The van der Waals surface area contributed by atoms with E-state index >= 15 is 0 Å². The second-order valence-corrected chi connectivity index (χ2v) is 15.6. The molecule has 5 fully saturated rings. The van der Waals surface area contributed by atoms with Gasteiger partial charge in [-0.15, -0.1) is 0 Å². The van der Waals surface area contributed by atoms with Crippen molar-refractivity contribution in [1.29, 1.82) is 0 Å². The molecule has 0 aromatic heterocycles. The number of fused-ring (bicyclic) bond motifs is 7. The molecule has 0 N–H and O–H groups in total. The Morgan fingerprint density at radius 2 is 1.23 bits per heavy atom. The van der Waals surface area contributed by atoms with E-state index in [0.29, 0.717) is 32.5 Å². The Hall–Kier alpha value is 0. The molecule has 5 saturated carbocycles. The highest BCUT2D eigenvalue weighted by molar-refractivity contribution is 5.17. The summed E-state index contributed by atoms with van der Waals surface area (Å²) in [6.07, 6.45) is 18.0.